The van der Waals surface area contributed by atoms with Gasteiger partial charge in [0.1, 0.15) is 12.0 Å². The van der Waals surface area contributed by atoms with Gasteiger partial charge in [-0.3, -0.25) is 14.6 Å². The zero-order valence-electron chi connectivity index (χ0n) is 17.9. The zero-order chi connectivity index (χ0) is 22.5. The molecule has 1 aliphatic heterocycles. The second kappa shape index (κ2) is 9.92. The number of carbonyl (C=O) groups is 2. The van der Waals surface area contributed by atoms with Crippen LogP contribution in [0, 0.1) is 0 Å². The molecule has 1 saturated heterocycles. The number of likely N-dealkylation sites (tertiary alicyclic amines) is 1. The van der Waals surface area contributed by atoms with Crippen molar-refractivity contribution >= 4 is 29.3 Å². The number of amides is 2. The highest BCUT2D eigenvalue weighted by Gasteiger charge is 2.27. The van der Waals surface area contributed by atoms with E-state index >= 15 is 0 Å². The lowest BCUT2D eigenvalue weighted by atomic mass is 10.2. The smallest absolute Gasteiger partial charge is 0.274 e. The van der Waals surface area contributed by atoms with Gasteiger partial charge in [-0.2, -0.15) is 0 Å². The molecule has 0 aliphatic carbocycles. The van der Waals surface area contributed by atoms with E-state index in [2.05, 4.69) is 20.5 Å². The Morgan fingerprint density at radius 3 is 2.91 bits per heavy atom. The number of pyridine rings is 1. The van der Waals surface area contributed by atoms with Crippen LogP contribution in [-0.2, 0) is 17.5 Å². The molecule has 32 heavy (non-hydrogen) atoms. The zero-order valence-corrected chi connectivity index (χ0v) is 18.7. The number of aryl methyl sites for hydroxylation is 1. The Morgan fingerprint density at radius 1 is 1.28 bits per heavy atom. The first-order chi connectivity index (χ1) is 15.5. The predicted molar refractivity (Wildman–Crippen MR) is 121 cm³/mol. The van der Waals surface area contributed by atoms with E-state index in [0.717, 1.165) is 17.1 Å². The van der Waals surface area contributed by atoms with Crippen LogP contribution in [0.4, 0.5) is 5.69 Å². The molecule has 1 aromatic carbocycles. The van der Waals surface area contributed by atoms with Crippen molar-refractivity contribution in [3.05, 3.63) is 65.7 Å². The van der Waals surface area contributed by atoms with Gasteiger partial charge in [0.25, 0.3) is 11.8 Å². The summed E-state index contributed by atoms with van der Waals surface area (Å²) in [6.07, 6.45) is 4.01. The summed E-state index contributed by atoms with van der Waals surface area (Å²) in [4.78, 5) is 31.4. The molecule has 1 unspecified atom stereocenters. The molecule has 1 fully saturated rings. The number of carbonyl (C=O) groups excluding carboxylic acids is 2. The fourth-order valence-corrected chi connectivity index (χ4v) is 4.29. The van der Waals surface area contributed by atoms with Crippen LogP contribution in [0.15, 0.2) is 54.1 Å². The molecule has 0 radical (unpaired) electrons. The molecule has 4 rings (SSSR count). The summed E-state index contributed by atoms with van der Waals surface area (Å²) in [5.74, 6) is 0.203. The van der Waals surface area contributed by atoms with Crippen LogP contribution in [0.5, 0.6) is 0 Å². The number of anilines is 1. The molecule has 1 N–H and O–H groups in total. The summed E-state index contributed by atoms with van der Waals surface area (Å²) < 4.78 is 7.18. The summed E-state index contributed by atoms with van der Waals surface area (Å²) in [6, 6.07) is 10.8. The fraction of sp³-hybridized carbons (Fsp3) is 0.318. The van der Waals surface area contributed by atoms with Crippen molar-refractivity contribution in [2.45, 2.75) is 23.4 Å². The number of rotatable bonds is 7. The number of ether oxygens (including phenoxy) is 1. The number of hydrogen-bond donors (Lipinski definition) is 1. The third kappa shape index (κ3) is 5.14. The summed E-state index contributed by atoms with van der Waals surface area (Å²) in [5.41, 5.74) is 2.33. The number of nitrogens with zero attached hydrogens (tertiary/aromatic N) is 5. The molecule has 2 amide bonds. The average Bonchev–Trinajstić information content (AvgIpc) is 3.46. The number of nitrogens with one attached hydrogen (secondary N) is 1. The lowest BCUT2D eigenvalue weighted by Crippen LogP contribution is -2.30. The van der Waals surface area contributed by atoms with Crippen LogP contribution in [-0.4, -0.2) is 62.8 Å². The first-order valence-corrected chi connectivity index (χ1v) is 11.2. The van der Waals surface area contributed by atoms with Gasteiger partial charge < -0.3 is 19.5 Å². The SMILES string of the molecule is COC1CCN(C(=O)c2ccnc(C(=O)Nc3cccc(CSc4nncn4C)c3)c2)C1. The molecule has 1 aliphatic rings. The average molecular weight is 453 g/mol. The number of methoxy groups -OCH3 is 1. The predicted octanol–water partition coefficient (Wildman–Crippen LogP) is 2.62. The Hall–Kier alpha value is -3.24. The van der Waals surface area contributed by atoms with Crippen LogP contribution < -0.4 is 5.32 Å². The van der Waals surface area contributed by atoms with Crippen LogP contribution in [0.3, 0.4) is 0 Å². The minimum atomic E-state index is -0.367. The normalized spacial score (nSPS) is 15.7. The van der Waals surface area contributed by atoms with Crippen molar-refractivity contribution in [3.63, 3.8) is 0 Å². The second-order valence-electron chi connectivity index (χ2n) is 7.49. The number of benzene rings is 1. The molecular formula is C22H24N6O3S. The van der Waals surface area contributed by atoms with Gasteiger partial charge in [-0.15, -0.1) is 10.2 Å². The minimum absolute atomic E-state index is 0.0580. The van der Waals surface area contributed by atoms with Crippen molar-refractivity contribution in [2.75, 3.05) is 25.5 Å². The maximum atomic E-state index is 12.8. The second-order valence-corrected chi connectivity index (χ2v) is 8.44. The Labute approximate surface area is 190 Å². The standard InChI is InChI=1S/C22H24N6O3S/c1-27-14-24-26-22(27)32-13-15-4-3-5-17(10-15)25-20(29)19-11-16(6-8-23-19)21(30)28-9-7-18(12-28)31-2/h3-6,8,10-11,14,18H,7,9,12-13H2,1-2H3,(H,25,29). The maximum Gasteiger partial charge on any atom is 0.274 e. The Morgan fingerprint density at radius 2 is 2.16 bits per heavy atom. The van der Waals surface area contributed by atoms with Gasteiger partial charge in [0, 0.05) is 50.4 Å². The molecule has 2 aromatic heterocycles. The molecule has 3 heterocycles. The van der Waals surface area contributed by atoms with E-state index in [4.69, 9.17) is 4.74 Å². The summed E-state index contributed by atoms with van der Waals surface area (Å²) in [6.45, 7) is 1.19. The van der Waals surface area contributed by atoms with Gasteiger partial charge >= 0.3 is 0 Å². The molecule has 0 spiro atoms. The fourth-order valence-electron chi connectivity index (χ4n) is 3.46. The molecule has 9 nitrogen and oxygen atoms in total. The van der Waals surface area contributed by atoms with Gasteiger partial charge in [0.2, 0.25) is 0 Å². The lowest BCUT2D eigenvalue weighted by molar-refractivity contribution is 0.0724. The minimum Gasteiger partial charge on any atom is -0.380 e. The van der Waals surface area contributed by atoms with Crippen molar-refractivity contribution < 1.29 is 14.3 Å². The molecule has 0 saturated carbocycles. The monoisotopic (exact) mass is 452 g/mol. The van der Waals surface area contributed by atoms with E-state index in [1.54, 1.807) is 36.2 Å². The number of thioether (sulfide) groups is 1. The summed E-state index contributed by atoms with van der Waals surface area (Å²) in [5, 5.41) is 11.6. The van der Waals surface area contributed by atoms with Gasteiger partial charge in [0.05, 0.1) is 6.10 Å². The molecule has 10 heteroatoms. The van der Waals surface area contributed by atoms with E-state index in [9.17, 15) is 9.59 Å². The number of aromatic nitrogens is 4. The van der Waals surface area contributed by atoms with Gasteiger partial charge in [-0.25, -0.2) is 0 Å². The van der Waals surface area contributed by atoms with Crippen molar-refractivity contribution in [1.82, 2.24) is 24.6 Å². The van der Waals surface area contributed by atoms with Gasteiger partial charge in [-0.05, 0) is 36.2 Å². The van der Waals surface area contributed by atoms with E-state index in [-0.39, 0.29) is 23.6 Å². The number of hydrogen-bond acceptors (Lipinski definition) is 7. The quantitative estimate of drug-likeness (QED) is 0.550. The van der Waals surface area contributed by atoms with Gasteiger partial charge in [-0.1, -0.05) is 23.9 Å². The third-order valence-electron chi connectivity index (χ3n) is 5.23. The summed E-state index contributed by atoms with van der Waals surface area (Å²) in [7, 11) is 3.54. The Bertz CT molecular complexity index is 1120. The Kier molecular flexibility index (Phi) is 6.81. The maximum absolute atomic E-state index is 12.8. The van der Waals surface area contributed by atoms with Crippen LogP contribution >= 0.6 is 11.8 Å². The molecule has 166 valence electrons. The van der Waals surface area contributed by atoms with E-state index < -0.39 is 0 Å². The highest BCUT2D eigenvalue weighted by Crippen LogP contribution is 2.22. The molecule has 0 bridgehead atoms. The van der Waals surface area contributed by atoms with E-state index in [0.29, 0.717) is 30.1 Å². The largest absolute Gasteiger partial charge is 0.380 e. The van der Waals surface area contributed by atoms with E-state index in [1.807, 2.05) is 35.9 Å². The molecule has 1 atom stereocenters. The summed E-state index contributed by atoms with van der Waals surface area (Å²) >= 11 is 1.56. The third-order valence-corrected chi connectivity index (χ3v) is 6.33. The Balaban J connectivity index is 1.40. The lowest BCUT2D eigenvalue weighted by Gasteiger charge is -2.16. The van der Waals surface area contributed by atoms with Crippen molar-refractivity contribution in [2.24, 2.45) is 7.05 Å². The van der Waals surface area contributed by atoms with Crippen LogP contribution in [0.25, 0.3) is 0 Å². The van der Waals surface area contributed by atoms with Crippen LogP contribution in [0.2, 0.25) is 0 Å². The van der Waals surface area contributed by atoms with Gasteiger partial charge in [0.15, 0.2) is 5.16 Å². The van der Waals surface area contributed by atoms with E-state index in [1.165, 1.54) is 12.3 Å². The first-order valence-electron chi connectivity index (χ1n) is 10.2. The first kappa shape index (κ1) is 22.0. The van der Waals surface area contributed by atoms with Crippen molar-refractivity contribution in [3.8, 4) is 0 Å². The molecule has 3 aromatic rings. The van der Waals surface area contributed by atoms with Crippen molar-refractivity contribution in [1.29, 1.82) is 0 Å². The highest BCUT2D eigenvalue weighted by molar-refractivity contribution is 7.98. The topological polar surface area (TPSA) is 102 Å². The van der Waals surface area contributed by atoms with Crippen LogP contribution in [0.1, 0.15) is 32.8 Å². The highest BCUT2D eigenvalue weighted by atomic mass is 32.2. The molecular weight excluding hydrogens is 428 g/mol.